The Morgan fingerprint density at radius 1 is 1.35 bits per heavy atom. The summed E-state index contributed by atoms with van der Waals surface area (Å²) in [6.07, 6.45) is 5.13. The number of nitrogens with two attached hydrogens (primary N) is 1. The number of fused-ring (bicyclic) bond motifs is 1. The van der Waals surface area contributed by atoms with Crippen LogP contribution >= 0.6 is 23.2 Å². The van der Waals surface area contributed by atoms with Gasteiger partial charge in [0.25, 0.3) is 5.91 Å². The second kappa shape index (κ2) is 5.99. The first-order valence-corrected chi connectivity index (χ1v) is 8.57. The highest BCUT2D eigenvalue weighted by molar-refractivity contribution is 6.45. The van der Waals surface area contributed by atoms with Crippen molar-refractivity contribution in [2.24, 2.45) is 17.1 Å². The van der Waals surface area contributed by atoms with Gasteiger partial charge in [0, 0.05) is 11.0 Å². The number of halogens is 2. The first kappa shape index (κ1) is 16.6. The second-order valence-corrected chi connectivity index (χ2v) is 7.45. The highest BCUT2D eigenvalue weighted by Crippen LogP contribution is 2.52. The summed E-state index contributed by atoms with van der Waals surface area (Å²) in [7, 11) is 0. The number of hydrogen-bond donors (Lipinski definition) is 1. The van der Waals surface area contributed by atoms with E-state index in [1.165, 1.54) is 12.8 Å². The lowest BCUT2D eigenvalue weighted by Gasteiger charge is -2.29. The molecule has 0 saturated heterocycles. The van der Waals surface area contributed by atoms with E-state index >= 15 is 0 Å². The average molecular weight is 356 g/mol. The molecule has 1 fully saturated rings. The van der Waals surface area contributed by atoms with Gasteiger partial charge < -0.3 is 10.5 Å². The molecular weight excluding hydrogens is 337 g/mol. The molecule has 1 atom stereocenters. The molecule has 0 spiro atoms. The predicted molar refractivity (Wildman–Crippen MR) is 89.3 cm³/mol. The molecule has 2 N–H and O–H groups in total. The molecule has 2 aliphatic carbocycles. The Morgan fingerprint density at radius 2 is 2.00 bits per heavy atom. The molecule has 0 radical (unpaired) electrons. The van der Waals surface area contributed by atoms with Crippen LogP contribution in [-0.2, 0) is 11.2 Å². The molecule has 23 heavy (non-hydrogen) atoms. The van der Waals surface area contributed by atoms with Gasteiger partial charge in [-0.1, -0.05) is 43.0 Å². The van der Waals surface area contributed by atoms with Gasteiger partial charge in [-0.2, -0.15) is 0 Å². The molecule has 124 valence electrons. The minimum atomic E-state index is -0.593. The third-order valence-corrected chi connectivity index (χ3v) is 6.03. The Balaban J connectivity index is 1.98. The van der Waals surface area contributed by atoms with Crippen molar-refractivity contribution in [2.75, 3.05) is 6.61 Å². The van der Waals surface area contributed by atoms with Crippen LogP contribution in [0.15, 0.2) is 6.07 Å². The molecule has 0 aliphatic heterocycles. The summed E-state index contributed by atoms with van der Waals surface area (Å²) in [6.45, 7) is 1.75. The summed E-state index contributed by atoms with van der Waals surface area (Å²) >= 11 is 12.6. The molecular formula is C17H19Cl2NO3. The second-order valence-electron chi connectivity index (χ2n) is 6.70. The van der Waals surface area contributed by atoms with E-state index in [9.17, 15) is 9.59 Å². The van der Waals surface area contributed by atoms with Crippen molar-refractivity contribution in [1.29, 1.82) is 0 Å². The van der Waals surface area contributed by atoms with Crippen molar-refractivity contribution in [3.63, 3.8) is 0 Å². The van der Waals surface area contributed by atoms with E-state index in [0.29, 0.717) is 23.7 Å². The van der Waals surface area contributed by atoms with Gasteiger partial charge in [0.15, 0.2) is 12.4 Å². The topological polar surface area (TPSA) is 69.4 Å². The van der Waals surface area contributed by atoms with Crippen LogP contribution in [-0.4, -0.2) is 18.3 Å². The molecule has 3 rings (SSSR count). The normalized spacial score (nSPS) is 24.0. The van der Waals surface area contributed by atoms with E-state index in [2.05, 4.69) is 0 Å². The standard InChI is InChI=1S/C17H19Cl2NO3/c1-17(10-4-2-3-5-10)7-9-6-11(23-8-12(20)21)14(18)15(19)13(9)16(17)22/h6,10H,2-5,7-8H2,1H3,(H2,20,21). The van der Waals surface area contributed by atoms with Crippen LogP contribution in [0, 0.1) is 11.3 Å². The Labute approximate surface area is 145 Å². The maximum absolute atomic E-state index is 13.0. The van der Waals surface area contributed by atoms with Crippen LogP contribution in [0.1, 0.15) is 48.5 Å². The first-order chi connectivity index (χ1) is 10.8. The molecule has 1 saturated carbocycles. The minimum Gasteiger partial charge on any atom is -0.482 e. The lowest BCUT2D eigenvalue weighted by atomic mass is 9.73. The van der Waals surface area contributed by atoms with Crippen LogP contribution in [0.5, 0.6) is 5.75 Å². The average Bonchev–Trinajstić information content (AvgIpc) is 3.10. The minimum absolute atomic E-state index is 0.0766. The molecule has 0 heterocycles. The number of carbonyl (C=O) groups is 2. The van der Waals surface area contributed by atoms with E-state index in [1.54, 1.807) is 6.07 Å². The first-order valence-electron chi connectivity index (χ1n) is 7.81. The molecule has 1 amide bonds. The van der Waals surface area contributed by atoms with E-state index in [1.807, 2.05) is 6.92 Å². The predicted octanol–water partition coefficient (Wildman–Crippen LogP) is 3.79. The van der Waals surface area contributed by atoms with Crippen molar-refractivity contribution in [1.82, 2.24) is 0 Å². The highest BCUT2D eigenvalue weighted by Gasteiger charge is 2.49. The Hall–Kier alpha value is -1.26. The van der Waals surface area contributed by atoms with Gasteiger partial charge in [-0.15, -0.1) is 0 Å². The van der Waals surface area contributed by atoms with Gasteiger partial charge in [0.05, 0.1) is 5.02 Å². The summed E-state index contributed by atoms with van der Waals surface area (Å²) in [5.41, 5.74) is 6.03. The van der Waals surface area contributed by atoms with Crippen LogP contribution < -0.4 is 10.5 Å². The van der Waals surface area contributed by atoms with Crippen molar-refractivity contribution in [3.8, 4) is 5.75 Å². The zero-order chi connectivity index (χ0) is 16.8. The summed E-state index contributed by atoms with van der Waals surface area (Å²) in [4.78, 5) is 23.9. The van der Waals surface area contributed by atoms with Crippen molar-refractivity contribution in [2.45, 2.75) is 39.0 Å². The van der Waals surface area contributed by atoms with Gasteiger partial charge in [-0.05, 0) is 36.8 Å². The number of ketones is 1. The van der Waals surface area contributed by atoms with E-state index < -0.39 is 11.3 Å². The van der Waals surface area contributed by atoms with Crippen LogP contribution in [0.3, 0.4) is 0 Å². The van der Waals surface area contributed by atoms with Gasteiger partial charge in [-0.25, -0.2) is 0 Å². The molecule has 4 nitrogen and oxygen atoms in total. The third-order valence-electron chi connectivity index (χ3n) is 5.18. The molecule has 1 unspecified atom stereocenters. The van der Waals surface area contributed by atoms with Crippen LogP contribution in [0.2, 0.25) is 10.0 Å². The maximum atomic E-state index is 13.0. The largest absolute Gasteiger partial charge is 0.482 e. The van der Waals surface area contributed by atoms with E-state index in [-0.39, 0.29) is 22.4 Å². The summed E-state index contributed by atoms with van der Waals surface area (Å²) in [5, 5.41) is 0.381. The maximum Gasteiger partial charge on any atom is 0.255 e. The number of ether oxygens (including phenoxy) is 1. The summed E-state index contributed by atoms with van der Waals surface area (Å²) in [5.74, 6) is 0.169. The SMILES string of the molecule is CC1(C2CCCC2)Cc2cc(OCC(N)=O)c(Cl)c(Cl)c2C1=O. The van der Waals surface area contributed by atoms with Crippen LogP contribution in [0.4, 0.5) is 0 Å². The fourth-order valence-corrected chi connectivity index (χ4v) is 4.45. The van der Waals surface area contributed by atoms with Gasteiger partial charge in [0.2, 0.25) is 0 Å². The Morgan fingerprint density at radius 3 is 2.61 bits per heavy atom. The fraction of sp³-hybridized carbons (Fsp3) is 0.529. The molecule has 1 aromatic rings. The smallest absolute Gasteiger partial charge is 0.255 e. The molecule has 2 aliphatic rings. The van der Waals surface area contributed by atoms with Gasteiger partial charge in [0.1, 0.15) is 10.8 Å². The Bertz CT molecular complexity index is 683. The third kappa shape index (κ3) is 2.72. The lowest BCUT2D eigenvalue weighted by molar-refractivity contribution is -0.119. The number of carbonyl (C=O) groups excluding carboxylic acids is 2. The molecule has 6 heteroatoms. The molecule has 0 bridgehead atoms. The summed E-state index contributed by atoms with van der Waals surface area (Å²) in [6, 6.07) is 1.73. The number of benzene rings is 1. The van der Waals surface area contributed by atoms with Crippen molar-refractivity contribution < 1.29 is 14.3 Å². The number of hydrogen-bond acceptors (Lipinski definition) is 3. The number of primary amides is 1. The molecule has 1 aromatic carbocycles. The lowest BCUT2D eigenvalue weighted by Crippen LogP contribution is -2.32. The number of rotatable bonds is 4. The number of Topliss-reactive ketones (excluding diaryl/α,β-unsaturated/α-hetero) is 1. The zero-order valence-electron chi connectivity index (χ0n) is 13.0. The van der Waals surface area contributed by atoms with Crippen LogP contribution in [0.25, 0.3) is 0 Å². The van der Waals surface area contributed by atoms with Gasteiger partial charge in [-0.3, -0.25) is 9.59 Å². The number of amides is 1. The fourth-order valence-electron chi connectivity index (χ4n) is 3.95. The van der Waals surface area contributed by atoms with E-state index in [0.717, 1.165) is 18.4 Å². The van der Waals surface area contributed by atoms with E-state index in [4.69, 9.17) is 33.7 Å². The van der Waals surface area contributed by atoms with Gasteiger partial charge >= 0.3 is 0 Å². The Kier molecular flexibility index (Phi) is 4.32. The molecule has 0 aromatic heterocycles. The highest BCUT2D eigenvalue weighted by atomic mass is 35.5. The van der Waals surface area contributed by atoms with Crippen molar-refractivity contribution >= 4 is 34.9 Å². The summed E-state index contributed by atoms with van der Waals surface area (Å²) < 4.78 is 5.33. The van der Waals surface area contributed by atoms with Crippen molar-refractivity contribution in [3.05, 3.63) is 27.2 Å². The zero-order valence-corrected chi connectivity index (χ0v) is 14.5. The quantitative estimate of drug-likeness (QED) is 0.892. The monoisotopic (exact) mass is 355 g/mol.